The highest BCUT2D eigenvalue weighted by Crippen LogP contribution is 2.23. The monoisotopic (exact) mass is 398 g/mol. The maximum Gasteiger partial charge on any atom is 0.407 e. The molecule has 29 heavy (non-hydrogen) atoms. The number of hydrogen-bond acceptors (Lipinski definition) is 2. The second-order valence-electron chi connectivity index (χ2n) is 8.20. The predicted molar refractivity (Wildman–Crippen MR) is 117 cm³/mol. The maximum atomic E-state index is 12.3. The van der Waals surface area contributed by atoms with Gasteiger partial charge in [0.25, 0.3) is 0 Å². The second-order valence-corrected chi connectivity index (χ2v) is 8.20. The van der Waals surface area contributed by atoms with Gasteiger partial charge in [0, 0.05) is 0 Å². The molecule has 0 bridgehead atoms. The first-order chi connectivity index (χ1) is 13.8. The van der Waals surface area contributed by atoms with Gasteiger partial charge in [0.05, 0.1) is 12.1 Å². The van der Waals surface area contributed by atoms with E-state index in [-0.39, 0.29) is 0 Å². The molecule has 0 aliphatic heterocycles. The zero-order valence-corrected chi connectivity index (χ0v) is 18.4. The van der Waals surface area contributed by atoms with Crippen molar-refractivity contribution < 1.29 is 14.1 Å². The third kappa shape index (κ3) is 7.41. The minimum absolute atomic E-state index is 0.332. The van der Waals surface area contributed by atoms with E-state index in [1.807, 2.05) is 45.2 Å². The molecule has 5 nitrogen and oxygen atoms in total. The lowest BCUT2D eigenvalue weighted by Gasteiger charge is -2.27. The summed E-state index contributed by atoms with van der Waals surface area (Å²) in [6.07, 6.45) is 10.8. The van der Waals surface area contributed by atoms with Crippen molar-refractivity contribution in [1.29, 1.82) is 0 Å². The molecule has 1 aromatic heterocycles. The summed E-state index contributed by atoms with van der Waals surface area (Å²) in [7, 11) is 0. The number of alkyl carbamates (subject to hydrolysis) is 1. The van der Waals surface area contributed by atoms with Crippen molar-refractivity contribution in [3.05, 3.63) is 60.7 Å². The summed E-state index contributed by atoms with van der Waals surface area (Å²) >= 11 is 0. The van der Waals surface area contributed by atoms with E-state index in [4.69, 9.17) is 4.74 Å². The highest BCUT2D eigenvalue weighted by Gasteiger charge is 2.24. The SMILES string of the molecule is C=C(C)c1cccc(C(C)(C)NC(=O)OCCn2cc[n+](CCCCCC)c2)c1. The molecule has 0 aliphatic rings. The number of aryl methyl sites for hydroxylation is 1. The van der Waals surface area contributed by atoms with E-state index in [1.54, 1.807) is 0 Å². The van der Waals surface area contributed by atoms with Gasteiger partial charge in [0.1, 0.15) is 25.5 Å². The van der Waals surface area contributed by atoms with Crippen LogP contribution in [0.1, 0.15) is 64.5 Å². The Kier molecular flexibility index (Phi) is 8.50. The van der Waals surface area contributed by atoms with Gasteiger partial charge < -0.3 is 10.1 Å². The average molecular weight is 399 g/mol. The second kappa shape index (κ2) is 10.8. The van der Waals surface area contributed by atoms with Gasteiger partial charge in [-0.15, -0.1) is 0 Å². The molecule has 0 unspecified atom stereocenters. The lowest BCUT2D eigenvalue weighted by Crippen LogP contribution is -2.41. The minimum Gasteiger partial charge on any atom is -0.445 e. The fourth-order valence-corrected chi connectivity index (χ4v) is 3.21. The van der Waals surface area contributed by atoms with Gasteiger partial charge in [-0.2, -0.15) is 0 Å². The van der Waals surface area contributed by atoms with Gasteiger partial charge in [0.15, 0.2) is 0 Å². The van der Waals surface area contributed by atoms with Gasteiger partial charge in [-0.1, -0.05) is 50.1 Å². The van der Waals surface area contributed by atoms with Crippen molar-refractivity contribution in [2.24, 2.45) is 0 Å². The smallest absolute Gasteiger partial charge is 0.407 e. The summed E-state index contributed by atoms with van der Waals surface area (Å²) in [6, 6.07) is 8.07. The third-order valence-electron chi connectivity index (χ3n) is 5.09. The molecule has 0 spiro atoms. The van der Waals surface area contributed by atoms with Gasteiger partial charge in [-0.3, -0.25) is 0 Å². The normalized spacial score (nSPS) is 11.3. The molecule has 0 atom stereocenters. The number of unbranched alkanes of at least 4 members (excludes halogenated alkanes) is 3. The van der Waals surface area contributed by atoms with Crippen LogP contribution in [0.15, 0.2) is 49.6 Å². The van der Waals surface area contributed by atoms with Gasteiger partial charge in [0.2, 0.25) is 6.33 Å². The highest BCUT2D eigenvalue weighted by atomic mass is 16.5. The number of hydrogen-bond donors (Lipinski definition) is 1. The summed E-state index contributed by atoms with van der Waals surface area (Å²) in [4.78, 5) is 12.3. The number of rotatable bonds is 11. The number of allylic oxidation sites excluding steroid dienone is 1. The molecule has 0 aliphatic carbocycles. The van der Waals surface area contributed by atoms with Gasteiger partial charge >= 0.3 is 6.09 Å². The summed E-state index contributed by atoms with van der Waals surface area (Å²) in [6.45, 7) is 14.1. The molecule has 1 heterocycles. The quantitative estimate of drug-likeness (QED) is 0.425. The molecular weight excluding hydrogens is 362 g/mol. The van der Waals surface area contributed by atoms with E-state index in [1.165, 1.54) is 25.7 Å². The summed E-state index contributed by atoms with van der Waals surface area (Å²) in [5.41, 5.74) is 2.56. The van der Waals surface area contributed by atoms with Crippen LogP contribution in [-0.4, -0.2) is 17.3 Å². The number of imidazole rings is 1. The van der Waals surface area contributed by atoms with E-state index in [0.29, 0.717) is 13.2 Å². The molecule has 0 saturated carbocycles. The van der Waals surface area contributed by atoms with Crippen LogP contribution in [0.2, 0.25) is 0 Å². The Morgan fingerprint density at radius 1 is 1.28 bits per heavy atom. The Labute approximate surface area is 175 Å². The van der Waals surface area contributed by atoms with Crippen molar-refractivity contribution in [1.82, 2.24) is 9.88 Å². The standard InChI is InChI=1S/C24H35N3O2/c1-6-7-8-9-13-26-14-15-27(19-26)16-17-29-23(28)25-24(4,5)22-12-10-11-21(18-22)20(2)3/h10-12,14-15,18-19H,2,6-9,13,16-17H2,1,3-5H3/p+1. The molecule has 2 aromatic rings. The lowest BCUT2D eigenvalue weighted by atomic mass is 9.92. The number of benzene rings is 1. The molecule has 5 heteroatoms. The van der Waals surface area contributed by atoms with Crippen LogP contribution in [-0.2, 0) is 23.4 Å². The van der Waals surface area contributed by atoms with Crippen LogP contribution >= 0.6 is 0 Å². The zero-order chi connectivity index (χ0) is 21.3. The predicted octanol–water partition coefficient (Wildman–Crippen LogP) is 5.05. The molecule has 1 N–H and O–H groups in total. The minimum atomic E-state index is -0.530. The van der Waals surface area contributed by atoms with Crippen LogP contribution in [0.4, 0.5) is 4.79 Å². The first-order valence-corrected chi connectivity index (χ1v) is 10.6. The van der Waals surface area contributed by atoms with Crippen LogP contribution < -0.4 is 9.88 Å². The van der Waals surface area contributed by atoms with Crippen molar-refractivity contribution >= 4 is 11.7 Å². The molecule has 2 rings (SSSR count). The summed E-state index contributed by atoms with van der Waals surface area (Å²) < 4.78 is 9.64. The Hall–Kier alpha value is -2.56. The molecular formula is C24H36N3O2+. The molecule has 1 amide bonds. The van der Waals surface area contributed by atoms with E-state index in [0.717, 1.165) is 23.2 Å². The van der Waals surface area contributed by atoms with Gasteiger partial charge in [-0.25, -0.2) is 13.9 Å². The number of carbonyl (C=O) groups excluding carboxylic acids is 1. The fourth-order valence-electron chi connectivity index (χ4n) is 3.21. The summed E-state index contributed by atoms with van der Waals surface area (Å²) in [5, 5.41) is 2.96. The van der Waals surface area contributed by atoms with E-state index in [2.05, 4.69) is 46.5 Å². The first kappa shape index (κ1) is 22.7. The van der Waals surface area contributed by atoms with Crippen molar-refractivity contribution in [2.45, 2.75) is 72.0 Å². The highest BCUT2D eigenvalue weighted by molar-refractivity contribution is 5.69. The molecule has 158 valence electrons. The van der Waals surface area contributed by atoms with E-state index >= 15 is 0 Å². The van der Waals surface area contributed by atoms with Crippen LogP contribution in [0.5, 0.6) is 0 Å². The Morgan fingerprint density at radius 2 is 2.07 bits per heavy atom. The van der Waals surface area contributed by atoms with Crippen molar-refractivity contribution in [3.8, 4) is 0 Å². The van der Waals surface area contributed by atoms with Crippen LogP contribution in [0.25, 0.3) is 5.57 Å². The molecule has 0 fully saturated rings. The van der Waals surface area contributed by atoms with E-state index in [9.17, 15) is 4.79 Å². The number of aromatic nitrogens is 2. The Bertz CT molecular complexity index is 808. The van der Waals surface area contributed by atoms with E-state index < -0.39 is 11.6 Å². The molecule has 1 aromatic carbocycles. The number of nitrogens with one attached hydrogen (secondary N) is 1. The molecule has 0 saturated heterocycles. The summed E-state index contributed by atoms with van der Waals surface area (Å²) in [5.74, 6) is 0. The third-order valence-corrected chi connectivity index (χ3v) is 5.09. The Balaban J connectivity index is 1.78. The Morgan fingerprint density at radius 3 is 2.79 bits per heavy atom. The number of nitrogens with zero attached hydrogens (tertiary/aromatic N) is 2. The largest absolute Gasteiger partial charge is 0.445 e. The number of amides is 1. The van der Waals surface area contributed by atoms with Gasteiger partial charge in [-0.05, 0) is 50.8 Å². The van der Waals surface area contributed by atoms with Crippen molar-refractivity contribution in [3.63, 3.8) is 0 Å². The topological polar surface area (TPSA) is 47.1 Å². The average Bonchev–Trinajstić information content (AvgIpc) is 3.12. The van der Waals surface area contributed by atoms with Crippen LogP contribution in [0.3, 0.4) is 0 Å². The zero-order valence-electron chi connectivity index (χ0n) is 18.4. The number of carbonyl (C=O) groups is 1. The van der Waals surface area contributed by atoms with Crippen molar-refractivity contribution in [2.75, 3.05) is 6.61 Å². The first-order valence-electron chi connectivity index (χ1n) is 10.6. The fraction of sp³-hybridized carbons (Fsp3) is 0.500. The van der Waals surface area contributed by atoms with Crippen LogP contribution in [0, 0.1) is 0 Å². The maximum absolute atomic E-state index is 12.3. The lowest BCUT2D eigenvalue weighted by molar-refractivity contribution is -0.696. The number of ether oxygens (including phenoxy) is 1. The molecule has 0 radical (unpaired) electrons.